The number of aldehydes is 1. The van der Waals surface area contributed by atoms with E-state index in [1.165, 1.54) is 11.1 Å². The summed E-state index contributed by atoms with van der Waals surface area (Å²) in [6.07, 6.45) is 0.689. The van der Waals surface area contributed by atoms with Crippen molar-refractivity contribution < 1.29 is 9.53 Å². The Balaban J connectivity index is 2.87. The quantitative estimate of drug-likeness (QED) is 0.621. The molecule has 0 aromatic heterocycles. The van der Waals surface area contributed by atoms with E-state index in [-0.39, 0.29) is 12.5 Å². The number of hydrogen-bond acceptors (Lipinski definition) is 3. The number of nitrogens with two attached hydrogens (primary N) is 1. The lowest BCUT2D eigenvalue weighted by molar-refractivity contribution is -0.114. The topological polar surface area (TPSA) is 52.3 Å². The first kappa shape index (κ1) is 17.2. The van der Waals surface area contributed by atoms with E-state index in [0.29, 0.717) is 12.2 Å². The van der Waals surface area contributed by atoms with Gasteiger partial charge in [0.2, 0.25) is 0 Å². The molecule has 0 saturated carbocycles. The standard InChI is InChI=1S/C16H24ClNO2/c1-11(2)14(13-8-6-5-7-12(13)3)15(17)20-10-16(4,18)9-19/h5-9,11,14-15H,10,18H2,1-4H3/t14-,15+,16+/m0/s1. The van der Waals surface area contributed by atoms with Gasteiger partial charge in [-0.2, -0.15) is 0 Å². The van der Waals surface area contributed by atoms with E-state index in [9.17, 15) is 4.79 Å². The number of ether oxygens (including phenoxy) is 1. The van der Waals surface area contributed by atoms with Crippen molar-refractivity contribution in [3.05, 3.63) is 35.4 Å². The maximum Gasteiger partial charge on any atom is 0.141 e. The number of rotatable bonds is 7. The molecule has 0 fully saturated rings. The molecule has 0 heterocycles. The second kappa shape index (κ2) is 7.21. The van der Waals surface area contributed by atoms with Gasteiger partial charge in [0.1, 0.15) is 11.8 Å². The molecule has 112 valence electrons. The van der Waals surface area contributed by atoms with Crippen molar-refractivity contribution in [2.45, 2.75) is 44.7 Å². The van der Waals surface area contributed by atoms with Crippen LogP contribution in [0, 0.1) is 12.8 Å². The molecule has 0 unspecified atom stereocenters. The smallest absolute Gasteiger partial charge is 0.141 e. The molecule has 1 aromatic rings. The highest BCUT2D eigenvalue weighted by molar-refractivity contribution is 6.20. The van der Waals surface area contributed by atoms with Crippen molar-refractivity contribution in [1.82, 2.24) is 0 Å². The molecule has 0 aliphatic carbocycles. The van der Waals surface area contributed by atoms with Crippen LogP contribution < -0.4 is 5.73 Å². The molecule has 4 heteroatoms. The number of alkyl halides is 1. The van der Waals surface area contributed by atoms with Crippen LogP contribution in [0.5, 0.6) is 0 Å². The molecule has 2 N–H and O–H groups in total. The summed E-state index contributed by atoms with van der Waals surface area (Å²) in [5, 5.41) is 0. The van der Waals surface area contributed by atoms with Crippen molar-refractivity contribution in [3.63, 3.8) is 0 Å². The Bertz CT molecular complexity index is 446. The van der Waals surface area contributed by atoms with Crippen molar-refractivity contribution in [2.24, 2.45) is 11.7 Å². The Labute approximate surface area is 126 Å². The van der Waals surface area contributed by atoms with E-state index >= 15 is 0 Å². The SMILES string of the molecule is Cc1ccccc1[C@H](C(C)C)[C@H](Cl)OC[C@](C)(N)C=O. The van der Waals surface area contributed by atoms with Gasteiger partial charge in [-0.1, -0.05) is 49.7 Å². The van der Waals surface area contributed by atoms with E-state index in [4.69, 9.17) is 22.1 Å². The van der Waals surface area contributed by atoms with Gasteiger partial charge in [0, 0.05) is 5.92 Å². The van der Waals surface area contributed by atoms with Crippen LogP contribution in [0.1, 0.15) is 37.8 Å². The van der Waals surface area contributed by atoms with Gasteiger partial charge in [0.25, 0.3) is 0 Å². The summed E-state index contributed by atoms with van der Waals surface area (Å²) in [5.74, 6) is 0.374. The van der Waals surface area contributed by atoms with Crippen LogP contribution in [0.15, 0.2) is 24.3 Å². The minimum Gasteiger partial charge on any atom is -0.359 e. The van der Waals surface area contributed by atoms with Crippen LogP contribution in [0.4, 0.5) is 0 Å². The fourth-order valence-corrected chi connectivity index (χ4v) is 2.65. The fraction of sp³-hybridized carbons (Fsp3) is 0.562. The lowest BCUT2D eigenvalue weighted by Gasteiger charge is -2.29. The monoisotopic (exact) mass is 297 g/mol. The Morgan fingerprint density at radius 1 is 1.40 bits per heavy atom. The number of aryl methyl sites for hydroxylation is 1. The first-order chi connectivity index (χ1) is 9.28. The minimum absolute atomic E-state index is 0.0559. The zero-order valence-corrected chi connectivity index (χ0v) is 13.4. The predicted molar refractivity (Wildman–Crippen MR) is 83.0 cm³/mol. The van der Waals surface area contributed by atoms with E-state index in [0.717, 1.165) is 0 Å². The van der Waals surface area contributed by atoms with Gasteiger partial charge in [0.15, 0.2) is 0 Å². The van der Waals surface area contributed by atoms with Crippen LogP contribution in [-0.2, 0) is 9.53 Å². The predicted octanol–water partition coefficient (Wildman–Crippen LogP) is 3.23. The molecule has 20 heavy (non-hydrogen) atoms. The molecule has 1 aromatic carbocycles. The molecule has 0 bridgehead atoms. The van der Waals surface area contributed by atoms with E-state index < -0.39 is 11.1 Å². The Hall–Kier alpha value is -0.900. The zero-order valence-electron chi connectivity index (χ0n) is 12.6. The summed E-state index contributed by atoms with van der Waals surface area (Å²) in [5.41, 5.74) is 6.60. The van der Waals surface area contributed by atoms with Crippen LogP contribution >= 0.6 is 11.6 Å². The van der Waals surface area contributed by atoms with Gasteiger partial charge in [0.05, 0.1) is 12.1 Å². The van der Waals surface area contributed by atoms with E-state index in [1.807, 2.05) is 12.1 Å². The Morgan fingerprint density at radius 2 is 2.00 bits per heavy atom. The molecule has 3 nitrogen and oxygen atoms in total. The highest BCUT2D eigenvalue weighted by atomic mass is 35.5. The van der Waals surface area contributed by atoms with Gasteiger partial charge in [-0.3, -0.25) is 0 Å². The third kappa shape index (κ3) is 4.58. The fourth-order valence-electron chi connectivity index (χ4n) is 2.16. The third-order valence-electron chi connectivity index (χ3n) is 3.37. The summed E-state index contributed by atoms with van der Waals surface area (Å²) >= 11 is 6.42. The average molecular weight is 298 g/mol. The molecule has 0 amide bonds. The second-order valence-electron chi connectivity index (χ2n) is 5.91. The number of benzene rings is 1. The average Bonchev–Trinajstić information content (AvgIpc) is 2.39. The highest BCUT2D eigenvalue weighted by Gasteiger charge is 2.28. The molecular formula is C16H24ClNO2. The van der Waals surface area contributed by atoms with E-state index in [2.05, 4.69) is 32.9 Å². The lowest BCUT2D eigenvalue weighted by Crippen LogP contribution is -2.44. The largest absolute Gasteiger partial charge is 0.359 e. The highest BCUT2D eigenvalue weighted by Crippen LogP contribution is 2.34. The van der Waals surface area contributed by atoms with Gasteiger partial charge < -0.3 is 15.3 Å². The maximum absolute atomic E-state index is 10.8. The molecule has 0 aliphatic rings. The van der Waals surface area contributed by atoms with Crippen LogP contribution in [-0.4, -0.2) is 24.0 Å². The normalized spacial score (nSPS) is 17.6. The number of hydrogen-bond donors (Lipinski definition) is 1. The minimum atomic E-state index is -1.000. The number of carbonyl (C=O) groups is 1. The van der Waals surface area contributed by atoms with Gasteiger partial charge >= 0.3 is 0 Å². The zero-order chi connectivity index (χ0) is 15.3. The van der Waals surface area contributed by atoms with Crippen LogP contribution in [0.3, 0.4) is 0 Å². The summed E-state index contributed by atoms with van der Waals surface area (Å²) < 4.78 is 5.64. The first-order valence-corrected chi connectivity index (χ1v) is 7.28. The molecule has 0 radical (unpaired) electrons. The third-order valence-corrected chi connectivity index (χ3v) is 3.77. The number of carbonyl (C=O) groups excluding carboxylic acids is 1. The molecule has 0 aliphatic heterocycles. The molecule has 0 spiro atoms. The summed E-state index contributed by atoms with van der Waals surface area (Å²) in [4.78, 5) is 10.8. The molecule has 3 atom stereocenters. The summed E-state index contributed by atoms with van der Waals surface area (Å²) in [7, 11) is 0. The van der Waals surface area contributed by atoms with Crippen LogP contribution in [0.25, 0.3) is 0 Å². The molecular weight excluding hydrogens is 274 g/mol. The van der Waals surface area contributed by atoms with Gasteiger partial charge in [-0.25, -0.2) is 0 Å². The second-order valence-corrected chi connectivity index (χ2v) is 6.34. The Kier molecular flexibility index (Phi) is 6.18. The first-order valence-electron chi connectivity index (χ1n) is 6.85. The molecule has 0 saturated heterocycles. The summed E-state index contributed by atoms with van der Waals surface area (Å²) in [6.45, 7) is 8.02. The maximum atomic E-state index is 10.8. The van der Waals surface area contributed by atoms with Crippen molar-refractivity contribution in [1.29, 1.82) is 0 Å². The van der Waals surface area contributed by atoms with Crippen LogP contribution in [0.2, 0.25) is 0 Å². The van der Waals surface area contributed by atoms with Crippen molar-refractivity contribution in [2.75, 3.05) is 6.61 Å². The lowest BCUT2D eigenvalue weighted by atomic mass is 9.86. The summed E-state index contributed by atoms with van der Waals surface area (Å²) in [6, 6.07) is 8.14. The number of halogens is 1. The van der Waals surface area contributed by atoms with Crippen molar-refractivity contribution in [3.8, 4) is 0 Å². The van der Waals surface area contributed by atoms with Gasteiger partial charge in [-0.05, 0) is 30.9 Å². The molecule has 1 rings (SSSR count). The van der Waals surface area contributed by atoms with Gasteiger partial charge in [-0.15, -0.1) is 0 Å². The Morgan fingerprint density at radius 3 is 2.50 bits per heavy atom. The van der Waals surface area contributed by atoms with Crippen molar-refractivity contribution >= 4 is 17.9 Å². The van der Waals surface area contributed by atoms with E-state index in [1.54, 1.807) is 6.92 Å².